The van der Waals surface area contributed by atoms with Crippen LogP contribution < -0.4 is 21.7 Å². The van der Waals surface area contributed by atoms with Crippen molar-refractivity contribution in [1.82, 2.24) is 20.4 Å². The van der Waals surface area contributed by atoms with Crippen molar-refractivity contribution in [3.05, 3.63) is 53.2 Å². The number of aliphatic imine (C=N–C) groups is 1. The van der Waals surface area contributed by atoms with Gasteiger partial charge in [-0.05, 0) is 68.4 Å². The zero-order valence-corrected chi connectivity index (χ0v) is 28.2. The summed E-state index contributed by atoms with van der Waals surface area (Å²) in [6.07, 6.45) is 7.71. The summed E-state index contributed by atoms with van der Waals surface area (Å²) < 4.78 is 0. The highest BCUT2D eigenvalue weighted by atomic mass is 32.2. The summed E-state index contributed by atoms with van der Waals surface area (Å²) in [7, 11) is 0. The first-order chi connectivity index (χ1) is 22.2. The van der Waals surface area contributed by atoms with Gasteiger partial charge in [-0.15, -0.1) is 22.0 Å². The number of nitrogens with zero attached hydrogens (tertiary/aromatic N) is 5. The average Bonchev–Trinajstić information content (AvgIpc) is 3.20. The Morgan fingerprint density at radius 2 is 1.80 bits per heavy atom. The summed E-state index contributed by atoms with van der Waals surface area (Å²) in [6, 6.07) is 12.7. The van der Waals surface area contributed by atoms with Crippen LogP contribution in [0.2, 0.25) is 0 Å². The first kappa shape index (κ1) is 31.6. The van der Waals surface area contributed by atoms with Crippen LogP contribution in [0.1, 0.15) is 87.3 Å². The Balaban J connectivity index is 0.920. The van der Waals surface area contributed by atoms with E-state index in [1.165, 1.54) is 24.8 Å². The number of hydrogen-bond acceptors (Lipinski definition) is 9. The van der Waals surface area contributed by atoms with E-state index >= 15 is 0 Å². The zero-order valence-electron chi connectivity index (χ0n) is 27.4. The van der Waals surface area contributed by atoms with E-state index in [-0.39, 0.29) is 29.7 Å². The van der Waals surface area contributed by atoms with Crippen LogP contribution in [-0.2, 0) is 0 Å². The van der Waals surface area contributed by atoms with Gasteiger partial charge in [-0.2, -0.15) is 0 Å². The van der Waals surface area contributed by atoms with E-state index in [9.17, 15) is 4.79 Å². The molecule has 4 heterocycles. The molecule has 4 fully saturated rings. The molecule has 2 saturated carbocycles. The maximum Gasteiger partial charge on any atom is 0.272 e. The van der Waals surface area contributed by atoms with Gasteiger partial charge in [0.15, 0.2) is 11.5 Å². The molecular formula is C36H48N8OS. The third-order valence-corrected chi connectivity index (χ3v) is 12.7. The SMILES string of the molecule is CC1SC2C(C(c3ccc(C#CC4CC5(C4)CN(c4ccc(C(=O)NC6CCCCC6)nn4)C5)cc3)=NCC(N)N2C(C)N)C1C. The Kier molecular flexibility index (Phi) is 8.87. The molecule has 6 atom stereocenters. The minimum atomic E-state index is -0.175. The molecular weight excluding hydrogens is 593 g/mol. The van der Waals surface area contributed by atoms with Crippen molar-refractivity contribution in [3.63, 3.8) is 0 Å². The van der Waals surface area contributed by atoms with E-state index in [0.29, 0.717) is 40.7 Å². The lowest BCUT2D eigenvalue weighted by atomic mass is 9.58. The van der Waals surface area contributed by atoms with Crippen molar-refractivity contribution < 1.29 is 4.79 Å². The molecule has 5 N–H and O–H groups in total. The van der Waals surface area contributed by atoms with Gasteiger partial charge in [0.1, 0.15) is 0 Å². The third-order valence-electron chi connectivity index (χ3n) is 11.0. The molecule has 7 rings (SSSR count). The molecule has 9 nitrogen and oxygen atoms in total. The first-order valence-electron chi connectivity index (χ1n) is 17.2. The minimum absolute atomic E-state index is 0.108. The van der Waals surface area contributed by atoms with E-state index < -0.39 is 0 Å². The second-order valence-corrected chi connectivity index (χ2v) is 16.0. The van der Waals surface area contributed by atoms with Crippen molar-refractivity contribution in [3.8, 4) is 11.8 Å². The highest BCUT2D eigenvalue weighted by molar-refractivity contribution is 8.00. The Bertz CT molecular complexity index is 1500. The van der Waals surface area contributed by atoms with Crippen molar-refractivity contribution in [2.24, 2.45) is 39.6 Å². The van der Waals surface area contributed by atoms with Crippen LogP contribution in [-0.4, -0.2) is 75.3 Å². The second kappa shape index (κ2) is 12.9. The summed E-state index contributed by atoms with van der Waals surface area (Å²) in [5.74, 6) is 8.93. The van der Waals surface area contributed by atoms with Gasteiger partial charge in [0.2, 0.25) is 0 Å². The van der Waals surface area contributed by atoms with Crippen molar-refractivity contribution in [1.29, 1.82) is 0 Å². The number of aromatic nitrogens is 2. The van der Waals surface area contributed by atoms with Gasteiger partial charge in [0.25, 0.3) is 5.91 Å². The van der Waals surface area contributed by atoms with Gasteiger partial charge in [-0.3, -0.25) is 14.7 Å². The average molecular weight is 641 g/mol. The summed E-state index contributed by atoms with van der Waals surface area (Å²) in [4.78, 5) is 22.2. The second-order valence-electron chi connectivity index (χ2n) is 14.5. The van der Waals surface area contributed by atoms with E-state index in [2.05, 4.69) is 75.3 Å². The van der Waals surface area contributed by atoms with Crippen molar-refractivity contribution >= 4 is 29.2 Å². The van der Waals surface area contributed by atoms with Gasteiger partial charge >= 0.3 is 0 Å². The van der Waals surface area contributed by atoms with Gasteiger partial charge < -0.3 is 21.7 Å². The molecule has 2 aliphatic carbocycles. The van der Waals surface area contributed by atoms with Crippen LogP contribution >= 0.6 is 11.8 Å². The van der Waals surface area contributed by atoms with Crippen LogP contribution in [0, 0.1) is 35.0 Å². The fraction of sp³-hybridized carbons (Fsp3) is 0.611. The van der Waals surface area contributed by atoms with Gasteiger partial charge in [-0.1, -0.05) is 57.1 Å². The van der Waals surface area contributed by atoms with Gasteiger partial charge in [0, 0.05) is 52.9 Å². The highest BCUT2D eigenvalue weighted by Crippen LogP contribution is 2.52. The van der Waals surface area contributed by atoms with Crippen molar-refractivity contribution in [2.45, 2.75) is 94.7 Å². The predicted octanol–water partition coefficient (Wildman–Crippen LogP) is 4.22. The molecule has 1 amide bonds. The number of nitrogens with one attached hydrogen (secondary N) is 1. The number of thioether (sulfide) groups is 1. The van der Waals surface area contributed by atoms with Crippen LogP contribution in [0.25, 0.3) is 0 Å². The van der Waals surface area contributed by atoms with Crippen LogP contribution in [0.3, 0.4) is 0 Å². The number of hydrogen-bond donors (Lipinski definition) is 3. The molecule has 2 aromatic rings. The molecule has 1 spiro atoms. The summed E-state index contributed by atoms with van der Waals surface area (Å²) in [5.41, 5.74) is 17.1. The van der Waals surface area contributed by atoms with Gasteiger partial charge in [-0.25, -0.2) is 0 Å². The Morgan fingerprint density at radius 1 is 1.07 bits per heavy atom. The molecule has 5 aliphatic rings. The molecule has 10 heteroatoms. The smallest absolute Gasteiger partial charge is 0.272 e. The minimum Gasteiger partial charge on any atom is -0.354 e. The zero-order chi connectivity index (χ0) is 32.0. The largest absolute Gasteiger partial charge is 0.354 e. The fourth-order valence-corrected chi connectivity index (χ4v) is 10.2. The Labute approximate surface area is 277 Å². The third kappa shape index (κ3) is 6.19. The van der Waals surface area contributed by atoms with E-state index in [1.807, 2.05) is 30.8 Å². The van der Waals surface area contributed by atoms with Crippen LogP contribution in [0.15, 0.2) is 41.4 Å². The van der Waals surface area contributed by atoms with Gasteiger partial charge in [0.05, 0.1) is 24.3 Å². The molecule has 1 aromatic heterocycles. The number of anilines is 1. The number of carbonyl (C=O) groups excluding carboxylic acids is 1. The lowest BCUT2D eigenvalue weighted by Gasteiger charge is -2.58. The molecule has 6 unspecified atom stereocenters. The monoisotopic (exact) mass is 640 g/mol. The molecule has 0 bridgehead atoms. The number of nitrogens with two attached hydrogens (primary N) is 2. The number of rotatable bonds is 5. The molecule has 3 aliphatic heterocycles. The topological polar surface area (TPSA) is 126 Å². The summed E-state index contributed by atoms with van der Waals surface area (Å²) in [5, 5.41) is 12.5. The Morgan fingerprint density at radius 3 is 2.48 bits per heavy atom. The lowest BCUT2D eigenvalue weighted by Crippen LogP contribution is -2.62. The predicted molar refractivity (Wildman–Crippen MR) is 185 cm³/mol. The molecule has 1 aromatic carbocycles. The molecule has 244 valence electrons. The molecule has 2 saturated heterocycles. The standard InChI is InChI=1S/C36H48N8OS/c1-22-23(2)46-35-32(22)33(39-19-30(38)44(35)24(3)37)27-13-11-25(12-14-27)9-10-26-17-36(18-26)20-43(21-36)31-16-15-29(41-42-31)34(45)40-28-7-5-4-6-8-28/h11-16,22-24,26,28,30,32,35H,4-8,17-21,37-38H2,1-3H3,(H,40,45). The maximum atomic E-state index is 12.6. The molecule has 0 radical (unpaired) electrons. The quantitative estimate of drug-likeness (QED) is 0.415. The van der Waals surface area contributed by atoms with Crippen LogP contribution in [0.5, 0.6) is 0 Å². The lowest BCUT2D eigenvalue weighted by molar-refractivity contribution is 0.0520. The summed E-state index contributed by atoms with van der Waals surface area (Å²) >= 11 is 1.98. The summed E-state index contributed by atoms with van der Waals surface area (Å²) in [6.45, 7) is 9.19. The first-order valence-corrected chi connectivity index (χ1v) is 18.1. The Hall–Kier alpha value is -2.97. The van der Waals surface area contributed by atoms with E-state index in [4.69, 9.17) is 16.5 Å². The molecule has 46 heavy (non-hydrogen) atoms. The normalized spacial score (nSPS) is 30.2. The van der Waals surface area contributed by atoms with E-state index in [1.54, 1.807) is 0 Å². The number of amides is 1. The van der Waals surface area contributed by atoms with E-state index in [0.717, 1.165) is 55.9 Å². The fourth-order valence-electron chi connectivity index (χ4n) is 8.32. The van der Waals surface area contributed by atoms with Crippen molar-refractivity contribution in [2.75, 3.05) is 24.5 Å². The number of carbonyl (C=O) groups is 1. The maximum absolute atomic E-state index is 12.6. The number of fused-ring (bicyclic) bond motifs is 1. The number of benzene rings is 1. The highest BCUT2D eigenvalue weighted by Gasteiger charge is 2.52. The van der Waals surface area contributed by atoms with Crippen LogP contribution in [0.4, 0.5) is 5.82 Å².